The summed E-state index contributed by atoms with van der Waals surface area (Å²) in [5.41, 5.74) is 0.983. The van der Waals surface area contributed by atoms with E-state index in [1.807, 2.05) is 0 Å². The molecule has 156 valence electrons. The minimum atomic E-state index is -0.683. The molecule has 0 saturated heterocycles. The number of phenols is 1. The lowest BCUT2D eigenvalue weighted by Crippen LogP contribution is -2.21. The summed E-state index contributed by atoms with van der Waals surface area (Å²) >= 11 is 0. The highest BCUT2D eigenvalue weighted by atomic mass is 19.1. The molecule has 2 aromatic heterocycles. The van der Waals surface area contributed by atoms with Crippen LogP contribution in [0.15, 0.2) is 67.0 Å². The highest BCUT2D eigenvalue weighted by Crippen LogP contribution is 2.31. The van der Waals surface area contributed by atoms with Crippen LogP contribution in [0.3, 0.4) is 0 Å². The van der Waals surface area contributed by atoms with E-state index in [9.17, 15) is 19.1 Å². The van der Waals surface area contributed by atoms with Crippen LogP contribution in [-0.2, 0) is 9.59 Å². The Bertz CT molecular complexity index is 1270. The number of nitrogens with one attached hydrogen (secondary N) is 3. The topological polar surface area (TPSA) is 116 Å². The van der Waals surface area contributed by atoms with Crippen LogP contribution in [0.5, 0.6) is 17.2 Å². The molecule has 0 unspecified atom stereocenters. The average Bonchev–Trinajstić information content (AvgIpc) is 3.21. The maximum Gasteiger partial charge on any atom is 0.233 e. The van der Waals surface area contributed by atoms with Gasteiger partial charge in [0, 0.05) is 24.1 Å². The molecule has 0 fully saturated rings. The number of anilines is 2. The molecule has 0 aliphatic carbocycles. The Morgan fingerprint density at radius 1 is 1.03 bits per heavy atom. The smallest absolute Gasteiger partial charge is 0.233 e. The van der Waals surface area contributed by atoms with Crippen molar-refractivity contribution in [3.05, 3.63) is 72.8 Å². The predicted molar refractivity (Wildman–Crippen MR) is 113 cm³/mol. The van der Waals surface area contributed by atoms with Crippen molar-refractivity contribution in [3.63, 3.8) is 0 Å². The van der Waals surface area contributed by atoms with Crippen LogP contribution in [0.2, 0.25) is 0 Å². The van der Waals surface area contributed by atoms with Crippen LogP contribution in [-0.4, -0.2) is 26.9 Å². The molecule has 9 heteroatoms. The molecule has 4 rings (SSSR count). The quantitative estimate of drug-likeness (QED) is 0.276. The van der Waals surface area contributed by atoms with E-state index in [-0.39, 0.29) is 22.9 Å². The van der Waals surface area contributed by atoms with E-state index in [0.29, 0.717) is 16.8 Å². The number of rotatable bonds is 6. The summed E-state index contributed by atoms with van der Waals surface area (Å²) in [6.45, 7) is 0. The van der Waals surface area contributed by atoms with Gasteiger partial charge in [-0.3, -0.25) is 9.59 Å². The van der Waals surface area contributed by atoms with Gasteiger partial charge in [0.2, 0.25) is 11.8 Å². The summed E-state index contributed by atoms with van der Waals surface area (Å²) in [4.78, 5) is 31.2. The number of pyridine rings is 1. The molecule has 2 heterocycles. The van der Waals surface area contributed by atoms with Crippen molar-refractivity contribution < 1.29 is 23.8 Å². The van der Waals surface area contributed by atoms with Gasteiger partial charge in [-0.15, -0.1) is 0 Å². The van der Waals surface area contributed by atoms with Crippen molar-refractivity contribution in [1.29, 1.82) is 0 Å². The Balaban J connectivity index is 1.39. The molecule has 0 saturated carbocycles. The maximum atomic E-state index is 14.5. The molecule has 2 amide bonds. The lowest BCUT2D eigenvalue weighted by molar-refractivity contribution is -0.123. The van der Waals surface area contributed by atoms with Crippen molar-refractivity contribution in [2.45, 2.75) is 6.42 Å². The molecule has 8 nitrogen and oxygen atoms in total. The molecular weight excluding hydrogens is 403 g/mol. The van der Waals surface area contributed by atoms with Gasteiger partial charge in [-0.25, -0.2) is 9.37 Å². The van der Waals surface area contributed by atoms with Crippen molar-refractivity contribution in [3.8, 4) is 17.2 Å². The van der Waals surface area contributed by atoms with Crippen LogP contribution in [0, 0.1) is 5.82 Å². The van der Waals surface area contributed by atoms with E-state index in [1.54, 1.807) is 36.7 Å². The zero-order valence-electron chi connectivity index (χ0n) is 16.1. The van der Waals surface area contributed by atoms with Crippen LogP contribution < -0.4 is 15.4 Å². The van der Waals surface area contributed by atoms with E-state index < -0.39 is 24.1 Å². The molecule has 0 bridgehead atoms. The third kappa shape index (κ3) is 4.61. The van der Waals surface area contributed by atoms with Crippen LogP contribution in [0.1, 0.15) is 6.42 Å². The molecule has 0 spiro atoms. The van der Waals surface area contributed by atoms with Gasteiger partial charge >= 0.3 is 0 Å². The number of hydrogen-bond donors (Lipinski definition) is 4. The first-order valence-electron chi connectivity index (χ1n) is 9.27. The predicted octanol–water partition coefficient (Wildman–Crippen LogP) is 4.17. The first-order valence-corrected chi connectivity index (χ1v) is 9.27. The number of aromatic nitrogens is 2. The normalized spacial score (nSPS) is 10.6. The third-order valence-electron chi connectivity index (χ3n) is 4.35. The average molecular weight is 420 g/mol. The second kappa shape index (κ2) is 8.54. The number of nitrogens with zero attached hydrogens (tertiary/aromatic N) is 1. The summed E-state index contributed by atoms with van der Waals surface area (Å²) in [6.07, 6.45) is 2.74. The Labute approximate surface area is 175 Å². The highest BCUT2D eigenvalue weighted by Gasteiger charge is 2.14. The third-order valence-corrected chi connectivity index (χ3v) is 4.35. The van der Waals surface area contributed by atoms with Gasteiger partial charge in [-0.2, -0.15) is 0 Å². The second-order valence-corrected chi connectivity index (χ2v) is 6.59. The first-order chi connectivity index (χ1) is 15.0. The van der Waals surface area contributed by atoms with Gasteiger partial charge in [-0.1, -0.05) is 12.1 Å². The maximum absolute atomic E-state index is 14.5. The van der Waals surface area contributed by atoms with Crippen LogP contribution in [0.4, 0.5) is 15.8 Å². The zero-order valence-corrected chi connectivity index (χ0v) is 16.1. The number of benzene rings is 2. The van der Waals surface area contributed by atoms with Crippen LogP contribution >= 0.6 is 0 Å². The first kappa shape index (κ1) is 19.9. The van der Waals surface area contributed by atoms with Gasteiger partial charge in [0.25, 0.3) is 0 Å². The molecule has 0 atom stereocenters. The zero-order chi connectivity index (χ0) is 21.8. The number of hydrogen-bond acceptors (Lipinski definition) is 5. The summed E-state index contributed by atoms with van der Waals surface area (Å²) in [7, 11) is 0. The van der Waals surface area contributed by atoms with Crippen molar-refractivity contribution in [1.82, 2.24) is 9.97 Å². The van der Waals surface area contributed by atoms with Crippen LogP contribution in [0.25, 0.3) is 11.0 Å². The largest absolute Gasteiger partial charge is 0.506 e. The number of ether oxygens (including phenoxy) is 1. The van der Waals surface area contributed by atoms with E-state index in [4.69, 9.17) is 4.74 Å². The number of carbonyl (C=O) groups is 2. The van der Waals surface area contributed by atoms with E-state index in [2.05, 4.69) is 20.6 Å². The number of aromatic hydroxyl groups is 1. The standard InChI is InChI=1S/C22H17FN4O4/c23-15-11-13(26-20(29)12-21(30)27-16-3-1-2-4-17(16)28)5-6-19(15)31-18-8-10-25-22-14(18)7-9-24-22/h1-11,28H,12H2,(H,24,25)(H,26,29)(H,27,30). The van der Waals surface area contributed by atoms with Gasteiger partial charge in [0.15, 0.2) is 11.6 Å². The number of amides is 2. The van der Waals surface area contributed by atoms with Gasteiger partial charge in [-0.05, 0) is 36.4 Å². The molecule has 0 radical (unpaired) electrons. The number of carbonyl (C=O) groups excluding carboxylic acids is 2. The molecule has 0 aliphatic heterocycles. The SMILES string of the molecule is O=C(CC(=O)Nc1ccccc1O)Nc1ccc(Oc2ccnc3[nH]ccc23)c(F)c1. The summed E-state index contributed by atoms with van der Waals surface area (Å²) in [5.74, 6) is -1.64. The number of halogens is 1. The van der Waals surface area contributed by atoms with Gasteiger partial charge < -0.3 is 25.5 Å². The lowest BCUT2D eigenvalue weighted by atomic mass is 10.2. The number of H-pyrrole nitrogens is 1. The lowest BCUT2D eigenvalue weighted by Gasteiger charge is -2.10. The van der Waals surface area contributed by atoms with Crippen molar-refractivity contribution in [2.75, 3.05) is 10.6 Å². The fraction of sp³-hybridized carbons (Fsp3) is 0.0455. The minimum absolute atomic E-state index is 0.0241. The Morgan fingerprint density at radius 3 is 2.65 bits per heavy atom. The molecule has 31 heavy (non-hydrogen) atoms. The molecule has 4 N–H and O–H groups in total. The van der Waals surface area contributed by atoms with Crippen molar-refractivity contribution in [2.24, 2.45) is 0 Å². The van der Waals surface area contributed by atoms with E-state index in [0.717, 1.165) is 6.07 Å². The summed E-state index contributed by atoms with van der Waals surface area (Å²) in [6, 6.07) is 13.5. The monoisotopic (exact) mass is 420 g/mol. The second-order valence-electron chi connectivity index (χ2n) is 6.59. The minimum Gasteiger partial charge on any atom is -0.506 e. The number of aromatic amines is 1. The Hall–Kier alpha value is -4.40. The Morgan fingerprint density at radius 2 is 1.84 bits per heavy atom. The summed E-state index contributed by atoms with van der Waals surface area (Å²) in [5, 5.41) is 15.3. The molecular formula is C22H17FN4O4. The van der Waals surface area contributed by atoms with Gasteiger partial charge in [0.05, 0.1) is 11.1 Å². The molecule has 4 aromatic rings. The van der Waals surface area contributed by atoms with Crippen molar-refractivity contribution >= 4 is 34.2 Å². The Kier molecular flexibility index (Phi) is 5.48. The highest BCUT2D eigenvalue weighted by molar-refractivity contribution is 6.08. The molecule has 2 aromatic carbocycles. The number of fused-ring (bicyclic) bond motifs is 1. The number of phenolic OH excluding ortho intramolecular Hbond substituents is 1. The van der Waals surface area contributed by atoms with E-state index in [1.165, 1.54) is 24.3 Å². The number of para-hydroxylation sites is 2. The van der Waals surface area contributed by atoms with Gasteiger partial charge in [0.1, 0.15) is 23.6 Å². The fourth-order valence-electron chi connectivity index (χ4n) is 2.93. The molecule has 0 aliphatic rings. The summed E-state index contributed by atoms with van der Waals surface area (Å²) < 4.78 is 20.1. The van der Waals surface area contributed by atoms with E-state index >= 15 is 0 Å². The fourth-order valence-corrected chi connectivity index (χ4v) is 2.93.